The number of nitriles is 1. The Labute approximate surface area is 207 Å². The van der Waals surface area contributed by atoms with Gasteiger partial charge in [-0.05, 0) is 86.3 Å². The third kappa shape index (κ3) is 8.33. The summed E-state index contributed by atoms with van der Waals surface area (Å²) in [6.07, 6.45) is 8.76. The Kier molecular flexibility index (Phi) is 11.3. The van der Waals surface area contributed by atoms with Gasteiger partial charge in [0.15, 0.2) is 0 Å². The third-order valence-electron chi connectivity index (χ3n) is 4.79. The monoisotopic (exact) mass is 562 g/mol. The van der Waals surface area contributed by atoms with Crippen molar-refractivity contribution in [3.63, 3.8) is 0 Å². The highest BCUT2D eigenvalue weighted by molar-refractivity contribution is 9.11. The number of nitrogens with one attached hydrogen (secondary N) is 1. The van der Waals surface area contributed by atoms with E-state index in [9.17, 15) is 10.1 Å². The van der Waals surface area contributed by atoms with Crippen molar-refractivity contribution in [1.29, 1.82) is 5.26 Å². The van der Waals surface area contributed by atoms with Crippen molar-refractivity contribution < 1.29 is 14.3 Å². The number of anilines is 1. The molecule has 1 amide bonds. The first kappa shape index (κ1) is 26.0. The fraction of sp³-hybridized carbons (Fsp3) is 0.360. The molecule has 0 unspecified atom stereocenters. The van der Waals surface area contributed by atoms with Gasteiger partial charge >= 0.3 is 0 Å². The summed E-state index contributed by atoms with van der Waals surface area (Å²) in [4.78, 5) is 12.5. The van der Waals surface area contributed by atoms with Crippen LogP contribution < -0.4 is 14.8 Å². The molecule has 0 aliphatic carbocycles. The van der Waals surface area contributed by atoms with Gasteiger partial charge < -0.3 is 14.8 Å². The van der Waals surface area contributed by atoms with Gasteiger partial charge in [-0.15, -0.1) is 0 Å². The fourth-order valence-electron chi connectivity index (χ4n) is 3.05. The molecule has 0 aliphatic heterocycles. The number of hydrogen-bond donors (Lipinski definition) is 1. The normalized spacial score (nSPS) is 11.0. The number of rotatable bonds is 12. The van der Waals surface area contributed by atoms with E-state index >= 15 is 0 Å². The molecular weight excluding hydrogens is 536 g/mol. The lowest BCUT2D eigenvalue weighted by Gasteiger charge is -2.12. The number of halogens is 2. The summed E-state index contributed by atoms with van der Waals surface area (Å²) in [6, 6.07) is 12.6. The van der Waals surface area contributed by atoms with Gasteiger partial charge in [0.05, 0.1) is 22.7 Å². The number of carbonyl (C=O) groups is 1. The SMILES string of the molecule is CCCCCCCCOc1c(Br)cc(/C=C(/C#N)C(=O)Nc2ccc(OC)cc2)cc1Br. The van der Waals surface area contributed by atoms with Crippen LogP contribution >= 0.6 is 31.9 Å². The molecule has 170 valence electrons. The Bertz CT molecular complexity index is 943. The molecule has 32 heavy (non-hydrogen) atoms. The van der Waals surface area contributed by atoms with Crippen molar-refractivity contribution in [3.8, 4) is 17.6 Å². The Morgan fingerprint density at radius 2 is 1.69 bits per heavy atom. The summed E-state index contributed by atoms with van der Waals surface area (Å²) in [5, 5.41) is 12.2. The van der Waals surface area contributed by atoms with Gasteiger partial charge in [-0.3, -0.25) is 4.79 Å². The zero-order valence-electron chi connectivity index (χ0n) is 18.4. The van der Waals surface area contributed by atoms with Gasteiger partial charge in [0.1, 0.15) is 23.1 Å². The van der Waals surface area contributed by atoms with E-state index in [0.29, 0.717) is 23.6 Å². The number of ether oxygens (including phenoxy) is 2. The van der Waals surface area contributed by atoms with Crippen LogP contribution in [0.5, 0.6) is 11.5 Å². The molecule has 0 heterocycles. The lowest BCUT2D eigenvalue weighted by molar-refractivity contribution is -0.112. The summed E-state index contributed by atoms with van der Waals surface area (Å²) >= 11 is 7.08. The minimum atomic E-state index is -0.478. The second-order valence-corrected chi connectivity index (χ2v) is 8.99. The van der Waals surface area contributed by atoms with Crippen LogP contribution in [-0.2, 0) is 4.79 Å². The molecule has 5 nitrogen and oxygen atoms in total. The van der Waals surface area contributed by atoms with E-state index in [1.807, 2.05) is 18.2 Å². The van der Waals surface area contributed by atoms with E-state index in [1.54, 1.807) is 37.5 Å². The third-order valence-corrected chi connectivity index (χ3v) is 5.97. The largest absolute Gasteiger partial charge is 0.497 e. The van der Waals surface area contributed by atoms with E-state index in [0.717, 1.165) is 27.5 Å². The zero-order chi connectivity index (χ0) is 23.3. The molecule has 0 aromatic heterocycles. The first-order valence-corrected chi connectivity index (χ1v) is 12.3. The first-order valence-electron chi connectivity index (χ1n) is 10.7. The molecule has 0 saturated carbocycles. The lowest BCUT2D eigenvalue weighted by atomic mass is 10.1. The zero-order valence-corrected chi connectivity index (χ0v) is 21.6. The minimum absolute atomic E-state index is 0.000339. The number of nitrogens with zero attached hydrogens (tertiary/aromatic N) is 1. The minimum Gasteiger partial charge on any atom is -0.497 e. The summed E-state index contributed by atoms with van der Waals surface area (Å²) in [6.45, 7) is 2.86. The van der Waals surface area contributed by atoms with Gasteiger partial charge in [-0.1, -0.05) is 39.0 Å². The quantitative estimate of drug-likeness (QED) is 0.165. The van der Waals surface area contributed by atoms with Crippen LogP contribution in [0.15, 0.2) is 50.9 Å². The number of benzene rings is 2. The summed E-state index contributed by atoms with van der Waals surface area (Å²) < 4.78 is 12.6. The van der Waals surface area contributed by atoms with E-state index in [1.165, 1.54) is 25.7 Å². The standard InChI is InChI=1S/C25H28Br2N2O3/c1-3-4-5-6-7-8-13-32-24-22(26)15-18(16-23(24)27)14-19(17-28)25(30)29-20-9-11-21(31-2)12-10-20/h9-12,14-16H,3-8,13H2,1-2H3,(H,29,30)/b19-14-. The average Bonchev–Trinajstić information content (AvgIpc) is 2.78. The van der Waals surface area contributed by atoms with Crippen molar-refractivity contribution in [3.05, 3.63) is 56.5 Å². The van der Waals surface area contributed by atoms with Crippen LogP contribution in [-0.4, -0.2) is 19.6 Å². The Hall–Kier alpha value is -2.30. The summed E-state index contributed by atoms with van der Waals surface area (Å²) in [7, 11) is 1.57. The van der Waals surface area contributed by atoms with Gasteiger partial charge in [-0.25, -0.2) is 0 Å². The molecule has 0 aliphatic rings. The van der Waals surface area contributed by atoms with Crippen LogP contribution in [0.4, 0.5) is 5.69 Å². The number of unbranched alkanes of at least 4 members (excludes halogenated alkanes) is 5. The van der Waals surface area contributed by atoms with Gasteiger partial charge in [-0.2, -0.15) is 5.26 Å². The van der Waals surface area contributed by atoms with Crippen LogP contribution in [0, 0.1) is 11.3 Å². The highest BCUT2D eigenvalue weighted by atomic mass is 79.9. The molecule has 7 heteroatoms. The van der Waals surface area contributed by atoms with Gasteiger partial charge in [0, 0.05) is 5.69 Å². The Balaban J connectivity index is 2.01. The highest BCUT2D eigenvalue weighted by Gasteiger charge is 2.13. The predicted molar refractivity (Wildman–Crippen MR) is 136 cm³/mol. The van der Waals surface area contributed by atoms with E-state index in [4.69, 9.17) is 9.47 Å². The van der Waals surface area contributed by atoms with Crippen molar-refractivity contribution in [2.45, 2.75) is 45.4 Å². The Morgan fingerprint density at radius 3 is 2.28 bits per heavy atom. The second kappa shape index (κ2) is 14.0. The fourth-order valence-corrected chi connectivity index (χ4v) is 4.50. The average molecular weight is 564 g/mol. The van der Waals surface area contributed by atoms with Crippen molar-refractivity contribution in [1.82, 2.24) is 0 Å². The highest BCUT2D eigenvalue weighted by Crippen LogP contribution is 2.35. The van der Waals surface area contributed by atoms with Crippen LogP contribution in [0.3, 0.4) is 0 Å². The van der Waals surface area contributed by atoms with Crippen LogP contribution in [0.2, 0.25) is 0 Å². The number of carbonyl (C=O) groups excluding carboxylic acids is 1. The van der Waals surface area contributed by atoms with Crippen molar-refractivity contribution in [2.75, 3.05) is 19.0 Å². The molecule has 2 rings (SSSR count). The smallest absolute Gasteiger partial charge is 0.266 e. The number of methoxy groups -OCH3 is 1. The van der Waals surface area contributed by atoms with Crippen LogP contribution in [0.1, 0.15) is 51.0 Å². The summed E-state index contributed by atoms with van der Waals surface area (Å²) in [5.41, 5.74) is 1.29. The van der Waals surface area contributed by atoms with E-state index < -0.39 is 5.91 Å². The molecule has 0 spiro atoms. The summed E-state index contributed by atoms with van der Waals surface area (Å²) in [5.74, 6) is 0.928. The first-order chi connectivity index (χ1) is 15.5. The van der Waals surface area contributed by atoms with Gasteiger partial charge in [0.2, 0.25) is 0 Å². The molecule has 0 atom stereocenters. The lowest BCUT2D eigenvalue weighted by Crippen LogP contribution is -2.13. The molecule has 2 aromatic carbocycles. The number of amides is 1. The molecule has 0 bridgehead atoms. The predicted octanol–water partition coefficient (Wildman–Crippen LogP) is 7.51. The molecule has 0 radical (unpaired) electrons. The molecular formula is C25H28Br2N2O3. The van der Waals surface area contributed by atoms with Crippen molar-refractivity contribution >= 4 is 49.5 Å². The maximum atomic E-state index is 12.5. The molecule has 0 fully saturated rings. The van der Waals surface area contributed by atoms with E-state index in [-0.39, 0.29) is 5.57 Å². The molecule has 2 aromatic rings. The van der Waals surface area contributed by atoms with Gasteiger partial charge in [0.25, 0.3) is 5.91 Å². The maximum absolute atomic E-state index is 12.5. The topological polar surface area (TPSA) is 71.3 Å². The molecule has 1 N–H and O–H groups in total. The van der Waals surface area contributed by atoms with Crippen molar-refractivity contribution in [2.24, 2.45) is 0 Å². The second-order valence-electron chi connectivity index (χ2n) is 7.28. The van der Waals surface area contributed by atoms with E-state index in [2.05, 4.69) is 44.1 Å². The maximum Gasteiger partial charge on any atom is 0.266 e. The Morgan fingerprint density at radius 1 is 1.06 bits per heavy atom. The van der Waals surface area contributed by atoms with Crippen LogP contribution in [0.25, 0.3) is 6.08 Å². The number of hydrogen-bond acceptors (Lipinski definition) is 4. The molecule has 0 saturated heterocycles.